The van der Waals surface area contributed by atoms with E-state index in [0.717, 1.165) is 40.8 Å². The van der Waals surface area contributed by atoms with Gasteiger partial charge in [-0.25, -0.2) is 4.98 Å². The molecule has 1 aliphatic rings. The molecule has 7 heteroatoms. The maximum absolute atomic E-state index is 12.6. The van der Waals surface area contributed by atoms with E-state index in [1.807, 2.05) is 43.3 Å². The van der Waals surface area contributed by atoms with Crippen molar-refractivity contribution < 1.29 is 4.79 Å². The fourth-order valence-electron chi connectivity index (χ4n) is 4.41. The van der Waals surface area contributed by atoms with Crippen LogP contribution in [0.5, 0.6) is 0 Å². The molecular weight excluding hydrogens is 446 g/mol. The Bertz CT molecular complexity index is 1350. The number of halogens is 1. The molecule has 1 aliphatic carbocycles. The van der Waals surface area contributed by atoms with E-state index >= 15 is 0 Å². The lowest BCUT2D eigenvalue weighted by Crippen LogP contribution is -2.23. The number of anilines is 4. The summed E-state index contributed by atoms with van der Waals surface area (Å²) < 4.78 is 0. The number of hydrogen-bond acceptors (Lipinski definition) is 5. The Hall–Kier alpha value is -3.64. The first-order chi connectivity index (χ1) is 16.6. The monoisotopic (exact) mass is 471 g/mol. The van der Waals surface area contributed by atoms with Crippen LogP contribution in [0.3, 0.4) is 0 Å². The third-order valence-corrected chi connectivity index (χ3v) is 6.46. The number of carbonyl (C=O) groups is 1. The van der Waals surface area contributed by atoms with E-state index < -0.39 is 0 Å². The number of benzene rings is 3. The molecule has 0 unspecified atom stereocenters. The Labute approximate surface area is 203 Å². The molecule has 1 amide bonds. The number of rotatable bonds is 6. The van der Waals surface area contributed by atoms with Gasteiger partial charge in [0.15, 0.2) is 0 Å². The van der Waals surface area contributed by atoms with Crippen LogP contribution in [0, 0.1) is 6.92 Å². The smallest absolute Gasteiger partial charge is 0.243 e. The van der Waals surface area contributed by atoms with E-state index in [1.54, 1.807) is 6.07 Å². The summed E-state index contributed by atoms with van der Waals surface area (Å²) >= 11 is 6.24. The van der Waals surface area contributed by atoms with Gasteiger partial charge in [-0.3, -0.25) is 4.79 Å². The maximum atomic E-state index is 12.6. The predicted molar refractivity (Wildman–Crippen MR) is 139 cm³/mol. The molecule has 0 spiro atoms. The lowest BCUT2D eigenvalue weighted by molar-refractivity contribution is -0.114. The number of hydrogen-bond donors (Lipinski definition) is 3. The van der Waals surface area contributed by atoms with Gasteiger partial charge in [0, 0.05) is 11.1 Å². The minimum absolute atomic E-state index is 0.0170. The average molecular weight is 472 g/mol. The van der Waals surface area contributed by atoms with Gasteiger partial charge in [-0.2, -0.15) is 4.98 Å². The topological polar surface area (TPSA) is 78.9 Å². The molecule has 6 nitrogen and oxygen atoms in total. The summed E-state index contributed by atoms with van der Waals surface area (Å²) in [7, 11) is 0. The van der Waals surface area contributed by atoms with Crippen LogP contribution in [0.1, 0.15) is 29.5 Å². The Morgan fingerprint density at radius 3 is 2.68 bits per heavy atom. The molecule has 3 aromatic carbocycles. The number of fused-ring (bicyclic) bond motifs is 2. The quantitative estimate of drug-likeness (QED) is 0.309. The first-order valence-corrected chi connectivity index (χ1v) is 11.9. The largest absolute Gasteiger partial charge is 0.345 e. The molecule has 0 fully saturated rings. The second kappa shape index (κ2) is 9.69. The molecule has 4 aromatic rings. The van der Waals surface area contributed by atoms with Gasteiger partial charge in [-0.15, -0.1) is 0 Å². The molecule has 172 valence electrons. The van der Waals surface area contributed by atoms with Gasteiger partial charge in [0.05, 0.1) is 22.8 Å². The van der Waals surface area contributed by atoms with E-state index in [2.05, 4.69) is 39.1 Å². The number of nitrogens with one attached hydrogen (secondary N) is 3. The molecule has 34 heavy (non-hydrogen) atoms. The second-order valence-corrected chi connectivity index (χ2v) is 8.93. The normalized spacial score (nSPS) is 12.8. The van der Waals surface area contributed by atoms with Crippen LogP contribution >= 0.6 is 11.6 Å². The zero-order valence-electron chi connectivity index (χ0n) is 19.0. The molecule has 0 aliphatic heterocycles. The summed E-state index contributed by atoms with van der Waals surface area (Å²) in [6, 6.07) is 19.8. The van der Waals surface area contributed by atoms with Crippen molar-refractivity contribution >= 4 is 51.6 Å². The van der Waals surface area contributed by atoms with Gasteiger partial charge in [-0.05, 0) is 73.6 Å². The average Bonchev–Trinajstić information content (AvgIpc) is 2.85. The summed E-state index contributed by atoms with van der Waals surface area (Å²) in [5.74, 6) is 0.881. The Morgan fingerprint density at radius 1 is 0.971 bits per heavy atom. The molecule has 0 radical (unpaired) electrons. The molecule has 1 aromatic heterocycles. The number of aryl methyl sites for hydroxylation is 2. The van der Waals surface area contributed by atoms with E-state index in [-0.39, 0.29) is 12.5 Å². The summed E-state index contributed by atoms with van der Waals surface area (Å²) in [6.45, 7) is 1.92. The van der Waals surface area contributed by atoms with E-state index in [4.69, 9.17) is 16.6 Å². The van der Waals surface area contributed by atoms with Crippen molar-refractivity contribution in [3.8, 4) is 0 Å². The lowest BCUT2D eigenvalue weighted by atomic mass is 9.90. The highest BCUT2D eigenvalue weighted by atomic mass is 35.5. The van der Waals surface area contributed by atoms with E-state index in [9.17, 15) is 4.79 Å². The first kappa shape index (κ1) is 22.2. The van der Waals surface area contributed by atoms with Gasteiger partial charge in [-0.1, -0.05) is 48.0 Å². The third-order valence-electron chi connectivity index (χ3n) is 6.15. The van der Waals surface area contributed by atoms with Crippen molar-refractivity contribution in [2.75, 3.05) is 22.5 Å². The van der Waals surface area contributed by atoms with Crippen LogP contribution < -0.4 is 16.0 Å². The Kier molecular flexibility index (Phi) is 6.32. The van der Waals surface area contributed by atoms with Gasteiger partial charge >= 0.3 is 0 Å². The molecule has 0 saturated carbocycles. The van der Waals surface area contributed by atoms with Gasteiger partial charge in [0.1, 0.15) is 5.82 Å². The van der Waals surface area contributed by atoms with Crippen molar-refractivity contribution in [1.82, 2.24) is 9.97 Å². The highest BCUT2D eigenvalue weighted by Crippen LogP contribution is 2.32. The number of nitrogens with zero attached hydrogens (tertiary/aromatic N) is 2. The lowest BCUT2D eigenvalue weighted by Gasteiger charge is -2.20. The minimum Gasteiger partial charge on any atom is -0.345 e. The first-order valence-electron chi connectivity index (χ1n) is 11.5. The Balaban J connectivity index is 1.39. The fourth-order valence-corrected chi connectivity index (χ4v) is 4.68. The van der Waals surface area contributed by atoms with E-state index in [0.29, 0.717) is 16.7 Å². The van der Waals surface area contributed by atoms with Crippen LogP contribution in [0.15, 0.2) is 60.7 Å². The SMILES string of the molecule is Cc1cccc(Cl)c1NC(=O)CNc1nc(Nc2cccc3c2CCCC3)c2ccccc2n1. The minimum atomic E-state index is -0.223. The zero-order chi connectivity index (χ0) is 23.5. The van der Waals surface area contributed by atoms with Crippen LogP contribution in [-0.4, -0.2) is 22.4 Å². The molecule has 3 N–H and O–H groups in total. The third kappa shape index (κ3) is 4.68. The Morgan fingerprint density at radius 2 is 1.79 bits per heavy atom. The highest BCUT2D eigenvalue weighted by Gasteiger charge is 2.16. The van der Waals surface area contributed by atoms with Gasteiger partial charge in [0.2, 0.25) is 11.9 Å². The van der Waals surface area contributed by atoms with Crippen LogP contribution in [-0.2, 0) is 17.6 Å². The fraction of sp³-hybridized carbons (Fsp3) is 0.222. The number of amides is 1. The summed E-state index contributed by atoms with van der Waals surface area (Å²) in [4.78, 5) is 21.9. The van der Waals surface area contributed by atoms with Crippen LogP contribution in [0.2, 0.25) is 5.02 Å². The zero-order valence-corrected chi connectivity index (χ0v) is 19.7. The van der Waals surface area contributed by atoms with Gasteiger partial charge in [0.25, 0.3) is 0 Å². The molecule has 0 saturated heterocycles. The van der Waals surface area contributed by atoms with E-state index in [1.165, 1.54) is 24.0 Å². The second-order valence-electron chi connectivity index (χ2n) is 8.52. The number of carbonyl (C=O) groups excluding carboxylic acids is 1. The van der Waals surface area contributed by atoms with Crippen molar-refractivity contribution in [3.05, 3.63) is 82.4 Å². The van der Waals surface area contributed by atoms with Crippen molar-refractivity contribution in [2.24, 2.45) is 0 Å². The number of para-hydroxylation sites is 2. The maximum Gasteiger partial charge on any atom is 0.243 e. The van der Waals surface area contributed by atoms with Crippen molar-refractivity contribution in [3.63, 3.8) is 0 Å². The standard InChI is InChI=1S/C27H26ClN5O/c1-17-8-6-13-21(28)25(17)32-24(34)16-29-27-31-23-14-5-4-12-20(23)26(33-27)30-22-15-7-10-18-9-2-3-11-19(18)22/h4-8,10,12-15H,2-3,9,11,16H2,1H3,(H,32,34)(H2,29,30,31,33). The summed E-state index contributed by atoms with van der Waals surface area (Å²) in [5, 5.41) is 10.9. The van der Waals surface area contributed by atoms with Crippen LogP contribution in [0.25, 0.3) is 10.9 Å². The van der Waals surface area contributed by atoms with Gasteiger partial charge < -0.3 is 16.0 Å². The molecule has 5 rings (SSSR count). The van der Waals surface area contributed by atoms with Crippen molar-refractivity contribution in [1.29, 1.82) is 0 Å². The molecule has 0 atom stereocenters. The molecule has 0 bridgehead atoms. The van der Waals surface area contributed by atoms with Crippen molar-refractivity contribution in [2.45, 2.75) is 32.6 Å². The molecule has 1 heterocycles. The predicted octanol–water partition coefficient (Wildman–Crippen LogP) is 6.26. The highest BCUT2D eigenvalue weighted by molar-refractivity contribution is 6.34. The number of aromatic nitrogens is 2. The molecular formula is C27H26ClN5O. The summed E-state index contributed by atoms with van der Waals surface area (Å²) in [6.07, 6.45) is 4.61. The summed E-state index contributed by atoms with van der Waals surface area (Å²) in [5.41, 5.74) is 6.17. The van der Waals surface area contributed by atoms with Crippen LogP contribution in [0.4, 0.5) is 23.1 Å².